The van der Waals surface area contributed by atoms with Gasteiger partial charge in [0.2, 0.25) is 0 Å². The highest BCUT2D eigenvalue weighted by Crippen LogP contribution is 2.33. The van der Waals surface area contributed by atoms with Crippen LogP contribution in [0.15, 0.2) is 77.7 Å². The molecule has 4 rings (SSSR count). The summed E-state index contributed by atoms with van der Waals surface area (Å²) in [4.78, 5) is 39.1. The number of para-hydroxylation sites is 1. The summed E-state index contributed by atoms with van der Waals surface area (Å²) >= 11 is 0.919. The van der Waals surface area contributed by atoms with Crippen LogP contribution in [0.4, 0.5) is 10.5 Å². The normalized spacial score (nSPS) is 14.5. The van der Waals surface area contributed by atoms with E-state index in [9.17, 15) is 14.4 Å². The monoisotopic (exact) mass is 472 g/mol. The zero-order valence-electron chi connectivity index (χ0n) is 18.9. The quantitative estimate of drug-likeness (QED) is 0.456. The number of carbonyl (C=O) groups is 3. The van der Waals surface area contributed by atoms with Gasteiger partial charge in [0.1, 0.15) is 5.75 Å². The summed E-state index contributed by atoms with van der Waals surface area (Å²) in [7, 11) is 0. The number of thioether (sulfide) groups is 1. The minimum Gasteiger partial charge on any atom is -0.484 e. The van der Waals surface area contributed by atoms with Gasteiger partial charge in [-0.05, 0) is 66.6 Å². The van der Waals surface area contributed by atoms with E-state index in [1.807, 2.05) is 68.4 Å². The summed E-state index contributed by atoms with van der Waals surface area (Å²) in [5, 5.41) is 2.53. The Labute approximate surface area is 202 Å². The van der Waals surface area contributed by atoms with E-state index < -0.39 is 0 Å². The maximum atomic E-state index is 12.8. The Morgan fingerprint density at radius 1 is 1.00 bits per heavy atom. The van der Waals surface area contributed by atoms with Crippen molar-refractivity contribution < 1.29 is 19.1 Å². The summed E-state index contributed by atoms with van der Waals surface area (Å²) in [6.07, 6.45) is 1.67. The highest BCUT2D eigenvalue weighted by atomic mass is 32.2. The number of hydrogen-bond donors (Lipinski definition) is 1. The van der Waals surface area contributed by atoms with Crippen molar-refractivity contribution in [2.24, 2.45) is 0 Å². The van der Waals surface area contributed by atoms with E-state index in [0.29, 0.717) is 16.2 Å². The van der Waals surface area contributed by atoms with Crippen LogP contribution in [0, 0.1) is 13.8 Å². The Bertz CT molecular complexity index is 1270. The van der Waals surface area contributed by atoms with Crippen molar-refractivity contribution in [3.8, 4) is 5.75 Å². The number of rotatable bonds is 7. The molecule has 1 aliphatic heterocycles. The first-order valence-electron chi connectivity index (χ1n) is 10.8. The fourth-order valence-corrected chi connectivity index (χ4v) is 4.24. The molecule has 3 aromatic carbocycles. The SMILES string of the molecule is Cc1ccc(CN2C(=O)S/C(=C\c3cccc(OCC(=O)Nc4ccccc4C)c3)C2=O)cc1. The van der Waals surface area contributed by atoms with Gasteiger partial charge in [0.25, 0.3) is 17.1 Å². The fourth-order valence-electron chi connectivity index (χ4n) is 3.41. The second-order valence-electron chi connectivity index (χ2n) is 7.98. The molecule has 34 heavy (non-hydrogen) atoms. The Hall–Kier alpha value is -3.84. The number of anilines is 1. The number of aryl methyl sites for hydroxylation is 2. The molecule has 0 atom stereocenters. The zero-order chi connectivity index (χ0) is 24.1. The van der Waals surface area contributed by atoms with E-state index in [-0.39, 0.29) is 30.2 Å². The third-order valence-electron chi connectivity index (χ3n) is 5.28. The Kier molecular flexibility index (Phi) is 7.13. The Balaban J connectivity index is 1.39. The number of hydrogen-bond acceptors (Lipinski definition) is 5. The zero-order valence-corrected chi connectivity index (χ0v) is 19.7. The maximum Gasteiger partial charge on any atom is 0.293 e. The number of imide groups is 1. The van der Waals surface area contributed by atoms with E-state index in [1.54, 1.807) is 24.3 Å². The van der Waals surface area contributed by atoms with E-state index in [4.69, 9.17) is 4.74 Å². The molecule has 3 amide bonds. The van der Waals surface area contributed by atoms with Crippen LogP contribution >= 0.6 is 11.8 Å². The molecule has 1 saturated heterocycles. The molecule has 0 spiro atoms. The predicted octanol–water partition coefficient (Wildman–Crippen LogP) is 5.56. The van der Waals surface area contributed by atoms with Gasteiger partial charge in [0.05, 0.1) is 11.4 Å². The largest absolute Gasteiger partial charge is 0.484 e. The van der Waals surface area contributed by atoms with Crippen molar-refractivity contribution in [3.05, 3.63) is 100.0 Å². The van der Waals surface area contributed by atoms with Crippen molar-refractivity contribution in [3.63, 3.8) is 0 Å². The molecule has 1 N–H and O–H groups in total. The predicted molar refractivity (Wildman–Crippen MR) is 134 cm³/mol. The second kappa shape index (κ2) is 10.4. The maximum absolute atomic E-state index is 12.8. The molecule has 1 aliphatic rings. The number of benzene rings is 3. The minimum atomic E-state index is -0.320. The molecule has 0 saturated carbocycles. The Morgan fingerprint density at radius 3 is 2.53 bits per heavy atom. The fraction of sp³-hybridized carbons (Fsp3) is 0.148. The van der Waals surface area contributed by atoms with Crippen molar-refractivity contribution in [2.75, 3.05) is 11.9 Å². The van der Waals surface area contributed by atoms with Gasteiger partial charge in [-0.25, -0.2) is 0 Å². The first-order chi connectivity index (χ1) is 16.4. The number of nitrogens with zero attached hydrogens (tertiary/aromatic N) is 1. The second-order valence-corrected chi connectivity index (χ2v) is 8.97. The van der Waals surface area contributed by atoms with Crippen LogP contribution in [-0.2, 0) is 16.1 Å². The van der Waals surface area contributed by atoms with Crippen LogP contribution in [0.2, 0.25) is 0 Å². The molecule has 6 nitrogen and oxygen atoms in total. The van der Waals surface area contributed by atoms with Crippen molar-refractivity contribution >= 4 is 40.6 Å². The van der Waals surface area contributed by atoms with Crippen LogP contribution in [0.1, 0.15) is 22.3 Å². The van der Waals surface area contributed by atoms with Crippen LogP contribution in [0.3, 0.4) is 0 Å². The average molecular weight is 473 g/mol. The number of nitrogens with one attached hydrogen (secondary N) is 1. The molecule has 172 valence electrons. The van der Waals surface area contributed by atoms with Crippen molar-refractivity contribution in [2.45, 2.75) is 20.4 Å². The molecular formula is C27H24N2O4S. The molecule has 7 heteroatoms. The van der Waals surface area contributed by atoms with Gasteiger partial charge in [-0.3, -0.25) is 19.3 Å². The lowest BCUT2D eigenvalue weighted by molar-refractivity contribution is -0.123. The topological polar surface area (TPSA) is 75.7 Å². The van der Waals surface area contributed by atoms with Crippen molar-refractivity contribution in [1.29, 1.82) is 0 Å². The number of carbonyl (C=O) groups excluding carboxylic acids is 3. The molecule has 0 bridgehead atoms. The lowest BCUT2D eigenvalue weighted by Gasteiger charge is -2.12. The molecule has 0 aliphatic carbocycles. The average Bonchev–Trinajstić information content (AvgIpc) is 3.08. The summed E-state index contributed by atoms with van der Waals surface area (Å²) in [5.41, 5.74) is 4.43. The third-order valence-corrected chi connectivity index (χ3v) is 6.19. The lowest BCUT2D eigenvalue weighted by atomic mass is 10.1. The summed E-state index contributed by atoms with van der Waals surface area (Å²) in [6, 6.07) is 22.3. The number of ether oxygens (including phenoxy) is 1. The van der Waals surface area contributed by atoms with Gasteiger partial charge < -0.3 is 10.1 Å². The molecule has 1 fully saturated rings. The van der Waals surface area contributed by atoms with Gasteiger partial charge in [-0.1, -0.05) is 60.2 Å². The highest BCUT2D eigenvalue weighted by Gasteiger charge is 2.34. The first kappa shape index (κ1) is 23.3. The third kappa shape index (κ3) is 5.74. The van der Waals surface area contributed by atoms with Gasteiger partial charge in [0, 0.05) is 5.69 Å². The van der Waals surface area contributed by atoms with Gasteiger partial charge in [-0.2, -0.15) is 0 Å². The highest BCUT2D eigenvalue weighted by molar-refractivity contribution is 8.18. The smallest absolute Gasteiger partial charge is 0.293 e. The summed E-state index contributed by atoms with van der Waals surface area (Å²) in [6.45, 7) is 4.00. The van der Waals surface area contributed by atoms with Crippen LogP contribution < -0.4 is 10.1 Å². The minimum absolute atomic E-state index is 0.148. The van der Waals surface area contributed by atoms with Crippen molar-refractivity contribution in [1.82, 2.24) is 4.90 Å². The van der Waals surface area contributed by atoms with Gasteiger partial charge >= 0.3 is 0 Å². The van der Waals surface area contributed by atoms with Gasteiger partial charge in [0.15, 0.2) is 6.61 Å². The van der Waals surface area contributed by atoms with Crippen LogP contribution in [-0.4, -0.2) is 28.6 Å². The molecule has 0 unspecified atom stereocenters. The molecule has 3 aromatic rings. The molecule has 0 aromatic heterocycles. The van der Waals surface area contributed by atoms with E-state index in [2.05, 4.69) is 5.32 Å². The van der Waals surface area contributed by atoms with Gasteiger partial charge in [-0.15, -0.1) is 0 Å². The van der Waals surface area contributed by atoms with Crippen LogP contribution in [0.25, 0.3) is 6.08 Å². The molecular weight excluding hydrogens is 448 g/mol. The lowest BCUT2D eigenvalue weighted by Crippen LogP contribution is -2.27. The Morgan fingerprint density at radius 2 is 1.76 bits per heavy atom. The standard InChI is InChI=1S/C27H24N2O4S/c1-18-10-12-20(13-11-18)16-29-26(31)24(34-27(29)32)15-21-7-5-8-22(14-21)33-17-25(30)28-23-9-4-3-6-19(23)2/h3-15H,16-17H2,1-2H3,(H,28,30)/b24-15-. The molecule has 1 heterocycles. The van der Waals surface area contributed by atoms with E-state index in [0.717, 1.165) is 34.1 Å². The van der Waals surface area contributed by atoms with E-state index in [1.165, 1.54) is 4.90 Å². The number of amides is 3. The summed E-state index contributed by atoms with van der Waals surface area (Å²) < 4.78 is 5.63. The first-order valence-corrected chi connectivity index (χ1v) is 11.6. The summed E-state index contributed by atoms with van der Waals surface area (Å²) in [5.74, 6) is -0.0935. The van der Waals surface area contributed by atoms with Crippen LogP contribution in [0.5, 0.6) is 5.75 Å². The van der Waals surface area contributed by atoms with E-state index >= 15 is 0 Å². The molecule has 0 radical (unpaired) electrons.